The van der Waals surface area contributed by atoms with Gasteiger partial charge in [0.25, 0.3) is 0 Å². The van der Waals surface area contributed by atoms with Crippen molar-refractivity contribution >= 4 is 39.2 Å². The summed E-state index contributed by atoms with van der Waals surface area (Å²) in [6, 6.07) is 17.5. The van der Waals surface area contributed by atoms with Gasteiger partial charge in [-0.15, -0.1) is 0 Å². The van der Waals surface area contributed by atoms with Crippen molar-refractivity contribution in [3.8, 4) is 22.8 Å². The summed E-state index contributed by atoms with van der Waals surface area (Å²) < 4.78 is 8.29. The van der Waals surface area contributed by atoms with E-state index in [1.807, 2.05) is 6.20 Å². The Morgan fingerprint density at radius 3 is 2.34 bits per heavy atom. The predicted octanol–water partition coefficient (Wildman–Crippen LogP) is 7.00. The van der Waals surface area contributed by atoms with Gasteiger partial charge in [-0.1, -0.05) is 0 Å². The summed E-state index contributed by atoms with van der Waals surface area (Å²) in [4.78, 5) is 4.87. The van der Waals surface area contributed by atoms with Crippen molar-refractivity contribution < 1.29 is 4.74 Å². The summed E-state index contributed by atoms with van der Waals surface area (Å²) in [6.45, 7) is 6.82. The molecule has 0 N–H and O–H groups in total. The predicted molar refractivity (Wildman–Crippen MR) is 126 cm³/mol. The summed E-state index contributed by atoms with van der Waals surface area (Å²) in [6.07, 6.45) is 1.93. The Morgan fingerprint density at radius 1 is 0.862 bits per heavy atom. The van der Waals surface area contributed by atoms with E-state index in [2.05, 4.69) is 86.6 Å². The molecule has 0 aliphatic carbocycles. The Bertz CT molecular complexity index is 1290. The van der Waals surface area contributed by atoms with E-state index >= 15 is 0 Å². The van der Waals surface area contributed by atoms with Gasteiger partial charge in [-0.25, -0.2) is 0 Å². The molecule has 29 heavy (non-hydrogen) atoms. The van der Waals surface area contributed by atoms with Gasteiger partial charge in [-0.3, -0.25) is 0 Å². The molecule has 1 aromatic heterocycles. The molecule has 1 aliphatic rings. The second-order valence-corrected chi connectivity index (χ2v) is 20.7. The molecule has 5 rings (SSSR count). The SMILES string of the molecule is CC(C)(C)c1c2c(cc3ccccc13)-c1nccc3cc[c]([Ge]([CH3])([CH3])[CH3])c(c13)O2. The van der Waals surface area contributed by atoms with Crippen LogP contribution in [0.5, 0.6) is 11.5 Å². The van der Waals surface area contributed by atoms with Crippen molar-refractivity contribution in [2.24, 2.45) is 0 Å². The van der Waals surface area contributed by atoms with Crippen LogP contribution in [0.4, 0.5) is 0 Å². The average Bonchev–Trinajstić information content (AvgIpc) is 2.65. The van der Waals surface area contributed by atoms with E-state index < -0.39 is 13.3 Å². The monoisotopic (exact) mass is 443 g/mol. The van der Waals surface area contributed by atoms with Gasteiger partial charge in [-0.2, -0.15) is 0 Å². The first kappa shape index (κ1) is 18.7. The fraction of sp³-hybridized carbons (Fsp3) is 0.269. The summed E-state index contributed by atoms with van der Waals surface area (Å²) in [5.74, 6) is 9.32. The zero-order valence-electron chi connectivity index (χ0n) is 18.1. The Hall–Kier alpha value is -2.33. The molecule has 0 unspecified atom stereocenters. The molecule has 2 heterocycles. The van der Waals surface area contributed by atoms with E-state index in [-0.39, 0.29) is 5.41 Å². The number of fused-ring (bicyclic) bond motifs is 3. The first-order valence-electron chi connectivity index (χ1n) is 10.3. The fourth-order valence-electron chi connectivity index (χ4n) is 4.60. The maximum absolute atomic E-state index is 6.88. The van der Waals surface area contributed by atoms with Crippen molar-refractivity contribution in [3.63, 3.8) is 0 Å². The van der Waals surface area contributed by atoms with Gasteiger partial charge in [0.1, 0.15) is 0 Å². The Morgan fingerprint density at radius 2 is 1.62 bits per heavy atom. The van der Waals surface area contributed by atoms with Crippen LogP contribution in [0.3, 0.4) is 0 Å². The van der Waals surface area contributed by atoms with Gasteiger partial charge in [-0.05, 0) is 0 Å². The molecule has 1 aliphatic heterocycles. The number of rotatable bonds is 1. The van der Waals surface area contributed by atoms with Gasteiger partial charge < -0.3 is 0 Å². The number of hydrogen-bond donors (Lipinski definition) is 0. The third-order valence-electron chi connectivity index (χ3n) is 5.90. The van der Waals surface area contributed by atoms with Crippen LogP contribution in [-0.2, 0) is 5.41 Å². The number of benzene rings is 3. The molecular formula is C26H27GeNO. The van der Waals surface area contributed by atoms with Gasteiger partial charge in [0, 0.05) is 0 Å². The number of nitrogens with zero attached hydrogens (tertiary/aromatic N) is 1. The summed E-state index contributed by atoms with van der Waals surface area (Å²) in [5, 5.41) is 4.89. The zero-order valence-corrected chi connectivity index (χ0v) is 20.1. The van der Waals surface area contributed by atoms with Crippen molar-refractivity contribution in [2.75, 3.05) is 0 Å². The van der Waals surface area contributed by atoms with Crippen molar-refractivity contribution in [1.29, 1.82) is 0 Å². The first-order valence-corrected chi connectivity index (χ1v) is 17.7. The standard InChI is InChI=1S/C26H27GeNO/c1-26(2,3)22-18-10-8-7-9-17(18)15-19-23-21-16(13-14-28-23)11-12-20(27(4,5)6)25(21)29-24(19)22/h7-15H,1-6H3. The molecule has 0 spiro atoms. The molecule has 0 atom stereocenters. The molecule has 0 saturated carbocycles. The zero-order chi connectivity index (χ0) is 20.6. The Labute approximate surface area is 175 Å². The van der Waals surface area contributed by atoms with Crippen LogP contribution in [0.2, 0.25) is 17.3 Å². The minimum absolute atomic E-state index is 0.0472. The Balaban J connectivity index is 1.98. The summed E-state index contributed by atoms with van der Waals surface area (Å²) in [5.41, 5.74) is 3.40. The van der Waals surface area contributed by atoms with E-state index in [9.17, 15) is 0 Å². The van der Waals surface area contributed by atoms with E-state index in [0.29, 0.717) is 0 Å². The van der Waals surface area contributed by atoms with Crippen LogP contribution in [-0.4, -0.2) is 18.3 Å². The van der Waals surface area contributed by atoms with Crippen molar-refractivity contribution in [1.82, 2.24) is 4.98 Å². The third kappa shape index (κ3) is 2.80. The van der Waals surface area contributed by atoms with Gasteiger partial charge in [0.2, 0.25) is 0 Å². The maximum atomic E-state index is 6.88. The van der Waals surface area contributed by atoms with Crippen LogP contribution < -0.4 is 9.13 Å². The van der Waals surface area contributed by atoms with E-state index in [1.165, 1.54) is 31.5 Å². The number of pyridine rings is 1. The molecule has 4 aromatic rings. The summed E-state index contributed by atoms with van der Waals surface area (Å²) in [7, 11) is 0. The molecule has 3 aromatic carbocycles. The van der Waals surface area contributed by atoms with Crippen LogP contribution in [0.1, 0.15) is 26.3 Å². The third-order valence-corrected chi connectivity index (χ3v) is 10.1. The van der Waals surface area contributed by atoms with Gasteiger partial charge in [0.05, 0.1) is 0 Å². The molecule has 0 bridgehead atoms. The Kier molecular flexibility index (Phi) is 3.92. The number of hydrogen-bond acceptors (Lipinski definition) is 2. The quantitative estimate of drug-likeness (QED) is 0.261. The topological polar surface area (TPSA) is 22.1 Å². The second kappa shape index (κ2) is 6.09. The van der Waals surface area contributed by atoms with Crippen molar-refractivity contribution in [3.05, 3.63) is 60.3 Å². The van der Waals surface area contributed by atoms with E-state index in [0.717, 1.165) is 22.8 Å². The number of ether oxygens (including phenoxy) is 1. The van der Waals surface area contributed by atoms with Crippen LogP contribution in [0.25, 0.3) is 32.8 Å². The molecule has 146 valence electrons. The van der Waals surface area contributed by atoms with Crippen molar-refractivity contribution in [2.45, 2.75) is 43.5 Å². The molecule has 0 saturated heterocycles. The average molecular weight is 442 g/mol. The summed E-state index contributed by atoms with van der Waals surface area (Å²) >= 11 is -2.15. The normalized spacial score (nSPS) is 13.4. The molecule has 0 radical (unpaired) electrons. The number of aromatic nitrogens is 1. The van der Waals surface area contributed by atoms with E-state index in [4.69, 9.17) is 9.72 Å². The van der Waals surface area contributed by atoms with Gasteiger partial charge in [0.15, 0.2) is 0 Å². The minimum atomic E-state index is -2.15. The molecular weight excluding hydrogens is 415 g/mol. The molecule has 0 amide bonds. The van der Waals surface area contributed by atoms with Crippen LogP contribution >= 0.6 is 0 Å². The second-order valence-electron chi connectivity index (χ2n) is 10.2. The van der Waals surface area contributed by atoms with Crippen LogP contribution in [0, 0.1) is 0 Å². The van der Waals surface area contributed by atoms with Gasteiger partial charge >= 0.3 is 175 Å². The van der Waals surface area contributed by atoms with Crippen LogP contribution in [0.15, 0.2) is 54.7 Å². The molecule has 2 nitrogen and oxygen atoms in total. The molecule has 3 heteroatoms. The first-order chi connectivity index (χ1) is 13.7. The molecule has 0 fully saturated rings. The van der Waals surface area contributed by atoms with E-state index in [1.54, 1.807) is 0 Å². The fourth-order valence-corrected chi connectivity index (χ4v) is 7.62.